The predicted octanol–water partition coefficient (Wildman–Crippen LogP) is 3.26. The van der Waals surface area contributed by atoms with E-state index < -0.39 is 6.10 Å². The summed E-state index contributed by atoms with van der Waals surface area (Å²) in [6, 6.07) is 9.69. The zero-order valence-corrected chi connectivity index (χ0v) is 11.3. The lowest BCUT2D eigenvalue weighted by molar-refractivity contribution is 0.218. The Hall–Kier alpha value is -1.87. The number of nitrogens with zero attached hydrogens (tertiary/aromatic N) is 1. The van der Waals surface area contributed by atoms with Gasteiger partial charge in [-0.15, -0.1) is 0 Å². The van der Waals surface area contributed by atoms with E-state index in [1.165, 1.54) is 0 Å². The van der Waals surface area contributed by atoms with Crippen molar-refractivity contribution < 1.29 is 9.84 Å². The molecule has 19 heavy (non-hydrogen) atoms. The normalized spacial score (nSPS) is 12.2. The van der Waals surface area contributed by atoms with Crippen molar-refractivity contribution in [2.75, 3.05) is 6.61 Å². The van der Waals surface area contributed by atoms with Gasteiger partial charge in [-0.2, -0.15) is 0 Å². The van der Waals surface area contributed by atoms with Gasteiger partial charge >= 0.3 is 0 Å². The molecule has 0 spiro atoms. The number of aryl methyl sites for hydroxylation is 1. The molecule has 1 N–H and O–H groups in total. The van der Waals surface area contributed by atoms with E-state index in [9.17, 15) is 5.11 Å². The standard InChI is InChI=1S/C16H19NO2/c1-3-7-19-15-9-14(10-17-11-15)16(18)13-6-4-5-12(2)8-13/h4-6,8-11,16,18H,3,7H2,1-2H3. The molecule has 3 nitrogen and oxygen atoms in total. The maximum Gasteiger partial charge on any atom is 0.137 e. The van der Waals surface area contributed by atoms with Crippen molar-refractivity contribution in [3.63, 3.8) is 0 Å². The van der Waals surface area contributed by atoms with Crippen LogP contribution in [-0.4, -0.2) is 16.7 Å². The van der Waals surface area contributed by atoms with Gasteiger partial charge in [0.2, 0.25) is 0 Å². The van der Waals surface area contributed by atoms with Crippen LogP contribution < -0.4 is 4.74 Å². The van der Waals surface area contributed by atoms with Gasteiger partial charge < -0.3 is 9.84 Å². The third-order valence-corrected chi connectivity index (χ3v) is 2.88. The van der Waals surface area contributed by atoms with E-state index in [0.29, 0.717) is 12.4 Å². The number of rotatable bonds is 5. The van der Waals surface area contributed by atoms with E-state index in [4.69, 9.17) is 4.74 Å². The molecule has 3 heteroatoms. The Balaban J connectivity index is 2.21. The SMILES string of the molecule is CCCOc1cncc(C(O)c2cccc(C)c2)c1. The minimum absolute atomic E-state index is 0.658. The fraction of sp³-hybridized carbons (Fsp3) is 0.312. The third-order valence-electron chi connectivity index (χ3n) is 2.88. The molecule has 0 aliphatic heterocycles. The van der Waals surface area contributed by atoms with Crippen molar-refractivity contribution in [2.45, 2.75) is 26.4 Å². The molecule has 0 aliphatic carbocycles. The van der Waals surface area contributed by atoms with Gasteiger partial charge in [0.1, 0.15) is 11.9 Å². The molecule has 0 bridgehead atoms. The van der Waals surface area contributed by atoms with Crippen LogP contribution in [0.25, 0.3) is 0 Å². The molecule has 1 aromatic heterocycles. The van der Waals surface area contributed by atoms with E-state index in [-0.39, 0.29) is 0 Å². The molecule has 1 aromatic carbocycles. The molecule has 1 unspecified atom stereocenters. The zero-order chi connectivity index (χ0) is 13.7. The summed E-state index contributed by atoms with van der Waals surface area (Å²) in [4.78, 5) is 4.12. The fourth-order valence-electron chi connectivity index (χ4n) is 1.92. The summed E-state index contributed by atoms with van der Waals surface area (Å²) in [6.07, 6.45) is 3.62. The largest absolute Gasteiger partial charge is 0.492 e. The van der Waals surface area contributed by atoms with E-state index in [1.54, 1.807) is 12.4 Å². The summed E-state index contributed by atoms with van der Waals surface area (Å²) >= 11 is 0. The van der Waals surface area contributed by atoms with Crippen LogP contribution in [0.1, 0.15) is 36.1 Å². The highest BCUT2D eigenvalue weighted by Crippen LogP contribution is 2.24. The topological polar surface area (TPSA) is 42.4 Å². The number of aliphatic hydroxyl groups is 1. The average molecular weight is 257 g/mol. The summed E-state index contributed by atoms with van der Waals surface area (Å²) in [5.41, 5.74) is 2.75. The first-order chi connectivity index (χ1) is 9.20. The van der Waals surface area contributed by atoms with Crippen molar-refractivity contribution in [1.29, 1.82) is 0 Å². The monoisotopic (exact) mass is 257 g/mol. The van der Waals surface area contributed by atoms with Crippen LogP contribution in [-0.2, 0) is 0 Å². The van der Waals surface area contributed by atoms with Gasteiger partial charge in [-0.3, -0.25) is 4.98 Å². The summed E-state index contributed by atoms with van der Waals surface area (Å²) in [7, 11) is 0. The van der Waals surface area contributed by atoms with E-state index >= 15 is 0 Å². The van der Waals surface area contributed by atoms with Gasteiger partial charge in [-0.25, -0.2) is 0 Å². The van der Waals surface area contributed by atoms with Crippen LogP contribution in [0.15, 0.2) is 42.7 Å². The first-order valence-electron chi connectivity index (χ1n) is 6.53. The number of pyridine rings is 1. The van der Waals surface area contributed by atoms with Gasteiger partial charge in [0.15, 0.2) is 0 Å². The van der Waals surface area contributed by atoms with Crippen molar-refractivity contribution in [3.8, 4) is 5.75 Å². The van der Waals surface area contributed by atoms with E-state index in [1.807, 2.05) is 37.3 Å². The highest BCUT2D eigenvalue weighted by atomic mass is 16.5. The number of ether oxygens (including phenoxy) is 1. The highest BCUT2D eigenvalue weighted by Gasteiger charge is 2.11. The van der Waals surface area contributed by atoms with Gasteiger partial charge in [0, 0.05) is 11.8 Å². The van der Waals surface area contributed by atoms with Gasteiger partial charge in [0.25, 0.3) is 0 Å². The lowest BCUT2D eigenvalue weighted by Gasteiger charge is -2.13. The molecule has 0 fully saturated rings. The molecule has 1 heterocycles. The van der Waals surface area contributed by atoms with Crippen LogP contribution >= 0.6 is 0 Å². The molecule has 2 rings (SSSR count). The lowest BCUT2D eigenvalue weighted by Crippen LogP contribution is -2.02. The van der Waals surface area contributed by atoms with Crippen LogP contribution in [0.2, 0.25) is 0 Å². The first kappa shape index (κ1) is 13.6. The Kier molecular flexibility index (Phi) is 4.53. The second-order valence-electron chi connectivity index (χ2n) is 4.62. The van der Waals surface area contributed by atoms with Gasteiger partial charge in [-0.1, -0.05) is 36.8 Å². The number of aromatic nitrogens is 1. The molecule has 100 valence electrons. The van der Waals surface area contributed by atoms with Crippen LogP contribution in [0.4, 0.5) is 0 Å². The Labute approximate surface area is 113 Å². The van der Waals surface area contributed by atoms with Crippen molar-refractivity contribution in [1.82, 2.24) is 4.98 Å². The number of hydrogen-bond donors (Lipinski definition) is 1. The van der Waals surface area contributed by atoms with Crippen LogP contribution in [0.3, 0.4) is 0 Å². The number of benzene rings is 1. The molecular formula is C16H19NO2. The van der Waals surface area contributed by atoms with Gasteiger partial charge in [0.05, 0.1) is 12.8 Å². The number of aliphatic hydroxyl groups excluding tert-OH is 1. The maximum absolute atomic E-state index is 10.4. The second kappa shape index (κ2) is 6.34. The molecule has 0 amide bonds. The van der Waals surface area contributed by atoms with Crippen LogP contribution in [0.5, 0.6) is 5.75 Å². The van der Waals surface area contributed by atoms with Crippen molar-refractivity contribution in [2.24, 2.45) is 0 Å². The lowest BCUT2D eigenvalue weighted by atomic mass is 10.0. The average Bonchev–Trinajstić information content (AvgIpc) is 2.44. The first-order valence-corrected chi connectivity index (χ1v) is 6.53. The summed E-state index contributed by atoms with van der Waals surface area (Å²) < 4.78 is 5.53. The van der Waals surface area contributed by atoms with Crippen molar-refractivity contribution >= 4 is 0 Å². The van der Waals surface area contributed by atoms with Gasteiger partial charge in [-0.05, 0) is 25.0 Å². The zero-order valence-electron chi connectivity index (χ0n) is 11.3. The molecule has 0 saturated carbocycles. The Morgan fingerprint density at radius 1 is 1.21 bits per heavy atom. The highest BCUT2D eigenvalue weighted by molar-refractivity contribution is 5.34. The number of hydrogen-bond acceptors (Lipinski definition) is 3. The van der Waals surface area contributed by atoms with E-state index in [0.717, 1.165) is 23.1 Å². The molecule has 0 aliphatic rings. The minimum Gasteiger partial charge on any atom is -0.492 e. The second-order valence-corrected chi connectivity index (χ2v) is 4.62. The molecule has 2 aromatic rings. The third kappa shape index (κ3) is 3.55. The summed E-state index contributed by atoms with van der Waals surface area (Å²) in [5, 5.41) is 10.4. The fourth-order valence-corrected chi connectivity index (χ4v) is 1.92. The Morgan fingerprint density at radius 3 is 2.79 bits per heavy atom. The molecule has 0 radical (unpaired) electrons. The smallest absolute Gasteiger partial charge is 0.137 e. The van der Waals surface area contributed by atoms with E-state index in [2.05, 4.69) is 11.9 Å². The Morgan fingerprint density at radius 2 is 2.05 bits per heavy atom. The summed E-state index contributed by atoms with van der Waals surface area (Å²) in [6.45, 7) is 4.72. The molecular weight excluding hydrogens is 238 g/mol. The predicted molar refractivity (Wildman–Crippen MR) is 75.3 cm³/mol. The minimum atomic E-state index is -0.669. The molecule has 0 saturated heterocycles. The quantitative estimate of drug-likeness (QED) is 0.894. The maximum atomic E-state index is 10.4. The van der Waals surface area contributed by atoms with Crippen molar-refractivity contribution in [3.05, 3.63) is 59.4 Å². The summed E-state index contributed by atoms with van der Waals surface area (Å²) in [5.74, 6) is 0.700. The Bertz CT molecular complexity index is 540. The molecule has 1 atom stereocenters. The van der Waals surface area contributed by atoms with Crippen LogP contribution in [0, 0.1) is 6.92 Å².